The first kappa shape index (κ1) is 5.93. The van der Waals surface area contributed by atoms with Crippen LogP contribution < -0.4 is 5.32 Å². The van der Waals surface area contributed by atoms with E-state index >= 15 is 0 Å². The van der Waals surface area contributed by atoms with Crippen molar-refractivity contribution in [2.45, 2.75) is 18.3 Å². The van der Waals surface area contributed by atoms with Gasteiger partial charge in [-0.3, -0.25) is 5.32 Å². The average Bonchev–Trinajstić information content (AvgIpc) is 2.14. The summed E-state index contributed by atoms with van der Waals surface area (Å²) in [4.78, 5) is 0. The van der Waals surface area contributed by atoms with Crippen molar-refractivity contribution in [2.24, 2.45) is 0 Å². The van der Waals surface area contributed by atoms with E-state index in [0.717, 1.165) is 5.75 Å². The van der Waals surface area contributed by atoms with E-state index in [4.69, 9.17) is 5.26 Å². The molecular formula is C5H8N2S. The standard InChI is InChI=1S/C5H8N2S/c1-4-7-5(2-6)3-8-4/h4-5,7H,3H2,1H3. The first-order valence-corrected chi connectivity index (χ1v) is 3.65. The van der Waals surface area contributed by atoms with Crippen molar-refractivity contribution >= 4 is 11.8 Å². The van der Waals surface area contributed by atoms with Gasteiger partial charge in [0.15, 0.2) is 0 Å². The molecule has 1 heterocycles. The zero-order valence-corrected chi connectivity index (χ0v) is 5.53. The van der Waals surface area contributed by atoms with Crippen LogP contribution >= 0.6 is 11.8 Å². The molecule has 0 bridgehead atoms. The van der Waals surface area contributed by atoms with Crippen molar-refractivity contribution in [1.82, 2.24) is 5.32 Å². The van der Waals surface area contributed by atoms with Gasteiger partial charge in [-0.15, -0.1) is 11.8 Å². The molecule has 0 saturated carbocycles. The fourth-order valence-electron chi connectivity index (χ4n) is 0.695. The number of hydrogen-bond donors (Lipinski definition) is 1. The van der Waals surface area contributed by atoms with Gasteiger partial charge in [0.2, 0.25) is 0 Å². The van der Waals surface area contributed by atoms with Gasteiger partial charge in [-0.25, -0.2) is 0 Å². The SMILES string of the molecule is CC1NC(C#N)CS1. The zero-order valence-electron chi connectivity index (χ0n) is 4.72. The van der Waals surface area contributed by atoms with E-state index in [-0.39, 0.29) is 6.04 Å². The van der Waals surface area contributed by atoms with E-state index in [2.05, 4.69) is 18.3 Å². The number of nitriles is 1. The highest BCUT2D eigenvalue weighted by Gasteiger charge is 2.18. The van der Waals surface area contributed by atoms with Gasteiger partial charge in [0.05, 0.1) is 11.4 Å². The Kier molecular flexibility index (Phi) is 1.77. The molecule has 0 amide bonds. The van der Waals surface area contributed by atoms with Crippen molar-refractivity contribution in [1.29, 1.82) is 5.26 Å². The van der Waals surface area contributed by atoms with Crippen LogP contribution in [0.2, 0.25) is 0 Å². The fourth-order valence-corrected chi connectivity index (χ4v) is 1.61. The summed E-state index contributed by atoms with van der Waals surface area (Å²) >= 11 is 1.80. The van der Waals surface area contributed by atoms with E-state index in [0.29, 0.717) is 5.37 Å². The molecule has 3 heteroatoms. The second kappa shape index (κ2) is 2.38. The lowest BCUT2D eigenvalue weighted by Gasteiger charge is -1.98. The van der Waals surface area contributed by atoms with Crippen molar-refractivity contribution in [3.8, 4) is 6.07 Å². The van der Waals surface area contributed by atoms with Crippen LogP contribution in [0.5, 0.6) is 0 Å². The molecule has 44 valence electrons. The lowest BCUT2D eigenvalue weighted by molar-refractivity contribution is 0.679. The summed E-state index contributed by atoms with van der Waals surface area (Å²) in [7, 11) is 0. The van der Waals surface area contributed by atoms with Crippen molar-refractivity contribution in [3.63, 3.8) is 0 Å². The van der Waals surface area contributed by atoms with Crippen LogP contribution in [0.3, 0.4) is 0 Å². The molecule has 2 unspecified atom stereocenters. The van der Waals surface area contributed by atoms with E-state index < -0.39 is 0 Å². The molecule has 1 N–H and O–H groups in total. The molecule has 1 rings (SSSR count). The highest BCUT2D eigenvalue weighted by atomic mass is 32.2. The van der Waals surface area contributed by atoms with Crippen molar-refractivity contribution < 1.29 is 0 Å². The van der Waals surface area contributed by atoms with Crippen LogP contribution in [0.4, 0.5) is 0 Å². The van der Waals surface area contributed by atoms with Gasteiger partial charge in [0, 0.05) is 5.75 Å². The summed E-state index contributed by atoms with van der Waals surface area (Å²) < 4.78 is 0. The molecule has 8 heavy (non-hydrogen) atoms. The number of rotatable bonds is 0. The largest absolute Gasteiger partial charge is 0.290 e. The quantitative estimate of drug-likeness (QED) is 0.518. The van der Waals surface area contributed by atoms with Crippen molar-refractivity contribution in [3.05, 3.63) is 0 Å². The summed E-state index contributed by atoms with van der Waals surface area (Å²) in [5.41, 5.74) is 0. The number of nitrogens with one attached hydrogen (secondary N) is 1. The van der Waals surface area contributed by atoms with Gasteiger partial charge in [0.25, 0.3) is 0 Å². The summed E-state index contributed by atoms with van der Waals surface area (Å²) in [5.74, 6) is 0.942. The third kappa shape index (κ3) is 1.15. The first-order chi connectivity index (χ1) is 3.83. The normalized spacial score (nSPS) is 37.0. The fraction of sp³-hybridized carbons (Fsp3) is 0.800. The summed E-state index contributed by atoms with van der Waals surface area (Å²) in [6.07, 6.45) is 0. The van der Waals surface area contributed by atoms with Crippen LogP contribution in [0.1, 0.15) is 6.92 Å². The molecule has 0 aromatic heterocycles. The zero-order chi connectivity index (χ0) is 5.98. The average molecular weight is 128 g/mol. The maximum atomic E-state index is 8.36. The second-order valence-corrected chi connectivity index (χ2v) is 3.20. The maximum Gasteiger partial charge on any atom is 0.105 e. The molecule has 2 atom stereocenters. The Labute approximate surface area is 53.3 Å². The molecule has 1 saturated heterocycles. The van der Waals surface area contributed by atoms with Crippen LogP contribution in [0, 0.1) is 11.3 Å². The molecule has 0 spiro atoms. The Morgan fingerprint density at radius 3 is 2.88 bits per heavy atom. The van der Waals surface area contributed by atoms with Crippen LogP contribution in [-0.2, 0) is 0 Å². The van der Waals surface area contributed by atoms with Gasteiger partial charge in [-0.05, 0) is 6.92 Å². The van der Waals surface area contributed by atoms with E-state index in [1.807, 2.05) is 0 Å². The Bertz CT molecular complexity index is 118. The maximum absolute atomic E-state index is 8.36. The van der Waals surface area contributed by atoms with Crippen molar-refractivity contribution in [2.75, 3.05) is 5.75 Å². The predicted octanol–water partition coefficient (Wildman–Crippen LogP) is 0.561. The molecule has 0 radical (unpaired) electrons. The number of nitrogens with zero attached hydrogens (tertiary/aromatic N) is 1. The third-order valence-corrected chi connectivity index (χ3v) is 2.27. The van der Waals surface area contributed by atoms with E-state index in [1.54, 1.807) is 11.8 Å². The molecule has 1 aliphatic rings. The van der Waals surface area contributed by atoms with Gasteiger partial charge < -0.3 is 0 Å². The topological polar surface area (TPSA) is 35.8 Å². The van der Waals surface area contributed by atoms with Gasteiger partial charge in [0.1, 0.15) is 6.04 Å². The molecule has 2 nitrogen and oxygen atoms in total. The monoisotopic (exact) mass is 128 g/mol. The lowest BCUT2D eigenvalue weighted by Crippen LogP contribution is -2.26. The minimum Gasteiger partial charge on any atom is -0.290 e. The number of hydrogen-bond acceptors (Lipinski definition) is 3. The lowest BCUT2D eigenvalue weighted by atomic mass is 10.4. The minimum absolute atomic E-state index is 0.0926. The van der Waals surface area contributed by atoms with Crippen LogP contribution in [0.25, 0.3) is 0 Å². The van der Waals surface area contributed by atoms with E-state index in [9.17, 15) is 0 Å². The Morgan fingerprint density at radius 2 is 2.62 bits per heavy atom. The third-order valence-electron chi connectivity index (χ3n) is 1.10. The predicted molar refractivity (Wildman–Crippen MR) is 34.5 cm³/mol. The van der Waals surface area contributed by atoms with Crippen LogP contribution in [-0.4, -0.2) is 17.2 Å². The number of thioether (sulfide) groups is 1. The smallest absolute Gasteiger partial charge is 0.105 e. The Balaban J connectivity index is 2.35. The van der Waals surface area contributed by atoms with Gasteiger partial charge >= 0.3 is 0 Å². The summed E-state index contributed by atoms with van der Waals surface area (Å²) in [6.45, 7) is 2.07. The Hall–Kier alpha value is -0.200. The highest BCUT2D eigenvalue weighted by molar-refractivity contribution is 8.00. The minimum atomic E-state index is 0.0926. The van der Waals surface area contributed by atoms with Crippen LogP contribution in [0.15, 0.2) is 0 Å². The summed E-state index contributed by atoms with van der Waals surface area (Å²) in [5, 5.41) is 11.9. The molecule has 0 aliphatic carbocycles. The molecule has 1 fully saturated rings. The molecule has 1 aliphatic heterocycles. The van der Waals surface area contributed by atoms with E-state index in [1.165, 1.54) is 0 Å². The molecule has 0 aromatic carbocycles. The highest BCUT2D eigenvalue weighted by Crippen LogP contribution is 2.16. The Morgan fingerprint density at radius 1 is 1.88 bits per heavy atom. The first-order valence-electron chi connectivity index (χ1n) is 2.60. The second-order valence-electron chi connectivity index (χ2n) is 1.82. The molecule has 0 aromatic rings. The molecular weight excluding hydrogens is 120 g/mol. The van der Waals surface area contributed by atoms with Gasteiger partial charge in [-0.2, -0.15) is 5.26 Å². The van der Waals surface area contributed by atoms with Gasteiger partial charge in [-0.1, -0.05) is 0 Å². The summed E-state index contributed by atoms with van der Waals surface area (Å²) in [6, 6.07) is 2.25.